The average Bonchev–Trinajstić information content (AvgIpc) is 2.76. The minimum atomic E-state index is -0.186. The van der Waals surface area contributed by atoms with Crippen LogP contribution in [0.2, 0.25) is 0 Å². The van der Waals surface area contributed by atoms with E-state index in [-0.39, 0.29) is 11.8 Å². The fourth-order valence-electron chi connectivity index (χ4n) is 3.48. The van der Waals surface area contributed by atoms with E-state index in [0.717, 1.165) is 30.0 Å². The van der Waals surface area contributed by atoms with Crippen molar-refractivity contribution in [3.8, 4) is 0 Å². The Hall–Kier alpha value is -2.86. The van der Waals surface area contributed by atoms with E-state index in [1.54, 1.807) is 29.2 Å². The lowest BCUT2D eigenvalue weighted by Crippen LogP contribution is -2.40. The van der Waals surface area contributed by atoms with Crippen molar-refractivity contribution in [1.82, 2.24) is 4.90 Å². The van der Waals surface area contributed by atoms with E-state index in [4.69, 9.17) is 4.74 Å². The summed E-state index contributed by atoms with van der Waals surface area (Å²) in [6.45, 7) is 10.5. The van der Waals surface area contributed by atoms with Crippen LogP contribution in [0.1, 0.15) is 40.1 Å². The Morgan fingerprint density at radius 2 is 1.62 bits per heavy atom. The summed E-state index contributed by atoms with van der Waals surface area (Å²) in [6.07, 6.45) is 0. The van der Waals surface area contributed by atoms with Crippen molar-refractivity contribution < 1.29 is 14.3 Å². The summed E-state index contributed by atoms with van der Waals surface area (Å²) in [7, 11) is 0. The smallest absolute Gasteiger partial charge is 0.255 e. The Balaban J connectivity index is 1.67. The molecule has 29 heavy (non-hydrogen) atoms. The summed E-state index contributed by atoms with van der Waals surface area (Å²) in [5.41, 5.74) is 4.07. The third-order valence-corrected chi connectivity index (χ3v) is 5.28. The van der Waals surface area contributed by atoms with Gasteiger partial charge in [-0.15, -0.1) is 0 Å². The third kappa shape index (κ3) is 4.95. The molecule has 1 N–H and O–H groups in total. The quantitative estimate of drug-likeness (QED) is 0.812. The highest BCUT2D eigenvalue weighted by Crippen LogP contribution is 2.23. The molecule has 1 saturated heterocycles. The van der Waals surface area contributed by atoms with Crippen LogP contribution >= 0.6 is 0 Å². The maximum Gasteiger partial charge on any atom is 0.255 e. The number of aryl methyl sites for hydroxylation is 1. The van der Waals surface area contributed by atoms with Gasteiger partial charge in [0.2, 0.25) is 0 Å². The zero-order chi connectivity index (χ0) is 20.8. The van der Waals surface area contributed by atoms with Gasteiger partial charge in [-0.2, -0.15) is 0 Å². The maximum absolute atomic E-state index is 12.6. The number of hydrogen-bond acceptors (Lipinski definition) is 4. The van der Waals surface area contributed by atoms with Gasteiger partial charge in [-0.1, -0.05) is 0 Å². The van der Waals surface area contributed by atoms with Crippen LogP contribution in [0.15, 0.2) is 42.5 Å². The number of carbonyl (C=O) groups excluding carboxylic acids is 2. The van der Waals surface area contributed by atoms with E-state index >= 15 is 0 Å². The second kappa shape index (κ2) is 9.56. The van der Waals surface area contributed by atoms with Crippen molar-refractivity contribution in [2.24, 2.45) is 0 Å². The predicted octanol–water partition coefficient (Wildman–Crippen LogP) is 3.57. The molecule has 0 unspecified atom stereocenters. The highest BCUT2D eigenvalue weighted by Gasteiger charge is 2.19. The van der Waals surface area contributed by atoms with E-state index in [1.807, 2.05) is 19.1 Å². The number of anilines is 2. The molecule has 0 radical (unpaired) electrons. The average molecular weight is 396 g/mol. The largest absolute Gasteiger partial charge is 0.378 e. The van der Waals surface area contributed by atoms with Gasteiger partial charge in [-0.3, -0.25) is 9.59 Å². The molecule has 0 aromatic heterocycles. The van der Waals surface area contributed by atoms with Crippen LogP contribution in [-0.2, 0) is 4.74 Å². The molecule has 6 nitrogen and oxygen atoms in total. The fraction of sp³-hybridized carbons (Fsp3) is 0.391. The van der Waals surface area contributed by atoms with E-state index in [9.17, 15) is 9.59 Å². The van der Waals surface area contributed by atoms with Crippen LogP contribution in [0.5, 0.6) is 0 Å². The molecule has 2 aromatic rings. The zero-order valence-corrected chi connectivity index (χ0v) is 17.4. The molecule has 0 bridgehead atoms. The summed E-state index contributed by atoms with van der Waals surface area (Å²) in [6, 6.07) is 12.9. The topological polar surface area (TPSA) is 61.9 Å². The lowest BCUT2D eigenvalue weighted by Gasteiger charge is -2.26. The summed E-state index contributed by atoms with van der Waals surface area (Å²) < 4.78 is 5.29. The van der Waals surface area contributed by atoms with Crippen molar-refractivity contribution >= 4 is 23.2 Å². The standard InChI is InChI=1S/C23H29N3O3/c1-4-25(5-2)20-10-11-21(17(3)16-20)24-22(27)18-6-8-19(9-7-18)23(28)26-12-14-29-15-13-26/h6-11,16H,4-5,12-15H2,1-3H3,(H,24,27). The number of amides is 2. The first-order valence-corrected chi connectivity index (χ1v) is 10.2. The number of ether oxygens (including phenoxy) is 1. The monoisotopic (exact) mass is 395 g/mol. The van der Waals surface area contributed by atoms with Gasteiger partial charge >= 0.3 is 0 Å². The van der Waals surface area contributed by atoms with Crippen molar-refractivity contribution in [3.05, 3.63) is 59.2 Å². The SMILES string of the molecule is CCN(CC)c1ccc(NC(=O)c2ccc(C(=O)N3CCOCC3)cc2)c(C)c1. The summed E-state index contributed by atoms with van der Waals surface area (Å²) in [4.78, 5) is 29.2. The van der Waals surface area contributed by atoms with E-state index < -0.39 is 0 Å². The van der Waals surface area contributed by atoms with Crippen LogP contribution in [0, 0.1) is 6.92 Å². The van der Waals surface area contributed by atoms with Gasteiger partial charge in [0.05, 0.1) is 13.2 Å². The first-order valence-electron chi connectivity index (χ1n) is 10.2. The Morgan fingerprint density at radius 3 is 2.21 bits per heavy atom. The molecule has 0 aliphatic carbocycles. The van der Waals surface area contributed by atoms with Crippen molar-refractivity contribution in [2.75, 3.05) is 49.6 Å². The Bertz CT molecular complexity index is 854. The molecule has 1 aliphatic heterocycles. The number of carbonyl (C=O) groups is 2. The second-order valence-corrected chi connectivity index (χ2v) is 7.11. The molecule has 154 valence electrons. The Labute approximate surface area is 172 Å². The number of rotatable bonds is 6. The fourth-order valence-corrected chi connectivity index (χ4v) is 3.48. The van der Waals surface area contributed by atoms with Crippen LogP contribution < -0.4 is 10.2 Å². The first-order chi connectivity index (χ1) is 14.0. The first kappa shape index (κ1) is 20.9. The van der Waals surface area contributed by atoms with Crippen LogP contribution in [-0.4, -0.2) is 56.1 Å². The Morgan fingerprint density at radius 1 is 1.00 bits per heavy atom. The van der Waals surface area contributed by atoms with E-state index in [1.165, 1.54) is 0 Å². The van der Waals surface area contributed by atoms with Gasteiger partial charge < -0.3 is 19.9 Å². The minimum absolute atomic E-state index is 0.0249. The molecular weight excluding hydrogens is 366 g/mol. The van der Waals surface area contributed by atoms with Gasteiger partial charge in [0.1, 0.15) is 0 Å². The van der Waals surface area contributed by atoms with Crippen molar-refractivity contribution in [2.45, 2.75) is 20.8 Å². The second-order valence-electron chi connectivity index (χ2n) is 7.11. The maximum atomic E-state index is 12.6. The Kier molecular flexibility index (Phi) is 6.88. The minimum Gasteiger partial charge on any atom is -0.378 e. The zero-order valence-electron chi connectivity index (χ0n) is 17.4. The molecule has 2 amide bonds. The van der Waals surface area contributed by atoms with Crippen molar-refractivity contribution in [1.29, 1.82) is 0 Å². The number of nitrogens with one attached hydrogen (secondary N) is 1. The molecule has 2 aromatic carbocycles. The summed E-state index contributed by atoms with van der Waals surface area (Å²) in [5.74, 6) is -0.211. The van der Waals surface area contributed by atoms with Gasteiger partial charge in [0.15, 0.2) is 0 Å². The van der Waals surface area contributed by atoms with E-state index in [0.29, 0.717) is 37.4 Å². The molecule has 0 atom stereocenters. The number of benzene rings is 2. The summed E-state index contributed by atoms with van der Waals surface area (Å²) in [5, 5.41) is 2.97. The normalized spacial score (nSPS) is 13.8. The van der Waals surface area contributed by atoms with Crippen LogP contribution in [0.25, 0.3) is 0 Å². The van der Waals surface area contributed by atoms with Crippen LogP contribution in [0.4, 0.5) is 11.4 Å². The lowest BCUT2D eigenvalue weighted by atomic mass is 10.1. The van der Waals surface area contributed by atoms with Gasteiger partial charge in [0, 0.05) is 48.7 Å². The predicted molar refractivity (Wildman–Crippen MR) is 116 cm³/mol. The molecule has 1 heterocycles. The summed E-state index contributed by atoms with van der Waals surface area (Å²) >= 11 is 0. The van der Waals surface area contributed by atoms with Gasteiger partial charge in [-0.05, 0) is 68.8 Å². The molecule has 1 aliphatic rings. The van der Waals surface area contributed by atoms with Crippen molar-refractivity contribution in [3.63, 3.8) is 0 Å². The molecule has 0 saturated carbocycles. The van der Waals surface area contributed by atoms with Crippen LogP contribution in [0.3, 0.4) is 0 Å². The molecule has 6 heteroatoms. The highest BCUT2D eigenvalue weighted by atomic mass is 16.5. The molecule has 1 fully saturated rings. The van der Waals surface area contributed by atoms with Gasteiger partial charge in [0.25, 0.3) is 11.8 Å². The number of morpholine rings is 1. The molecule has 0 spiro atoms. The number of nitrogens with zero attached hydrogens (tertiary/aromatic N) is 2. The molecule has 3 rings (SSSR count). The highest BCUT2D eigenvalue weighted by molar-refractivity contribution is 6.05. The van der Waals surface area contributed by atoms with E-state index in [2.05, 4.69) is 30.1 Å². The molecular formula is C23H29N3O3. The third-order valence-electron chi connectivity index (χ3n) is 5.28. The lowest BCUT2D eigenvalue weighted by molar-refractivity contribution is 0.0303. The van der Waals surface area contributed by atoms with Gasteiger partial charge in [-0.25, -0.2) is 0 Å². The number of hydrogen-bond donors (Lipinski definition) is 1.